The molecule has 1 atom stereocenters. The van der Waals surface area contributed by atoms with Crippen LogP contribution in [0.5, 0.6) is 0 Å². The highest BCUT2D eigenvalue weighted by Crippen LogP contribution is 2.59. The van der Waals surface area contributed by atoms with Crippen molar-refractivity contribution in [3.8, 4) is 0 Å². The Morgan fingerprint density at radius 3 is 2.64 bits per heavy atom. The van der Waals surface area contributed by atoms with Crippen LogP contribution in [-0.4, -0.2) is 35.5 Å². The van der Waals surface area contributed by atoms with Crippen LogP contribution in [0.25, 0.3) is 0 Å². The Morgan fingerprint density at radius 1 is 1.32 bits per heavy atom. The topological polar surface area (TPSA) is 58.1 Å². The summed E-state index contributed by atoms with van der Waals surface area (Å²) in [5, 5.41) is 3.15. The van der Waals surface area contributed by atoms with E-state index in [0.29, 0.717) is 5.91 Å². The van der Waals surface area contributed by atoms with E-state index in [1.165, 1.54) is 12.8 Å². The van der Waals surface area contributed by atoms with Gasteiger partial charge in [0.15, 0.2) is 0 Å². The molecule has 2 heterocycles. The normalized spacial score (nSPS) is 26.0. The van der Waals surface area contributed by atoms with Crippen LogP contribution in [0.1, 0.15) is 37.7 Å². The number of rotatable bonds is 4. The third-order valence-corrected chi connectivity index (χ3v) is 5.58. The van der Waals surface area contributed by atoms with Crippen LogP contribution in [0.3, 0.4) is 0 Å². The van der Waals surface area contributed by atoms with E-state index in [2.05, 4.69) is 20.2 Å². The molecule has 3 fully saturated rings. The van der Waals surface area contributed by atoms with E-state index in [9.17, 15) is 4.79 Å². The third kappa shape index (κ3) is 2.69. The Bertz CT molecular complexity index is 559. The first-order valence-corrected chi connectivity index (χ1v) is 8.48. The van der Waals surface area contributed by atoms with Crippen molar-refractivity contribution >= 4 is 11.9 Å². The van der Waals surface area contributed by atoms with E-state index in [-0.39, 0.29) is 11.3 Å². The Balaban J connectivity index is 1.30. The molecule has 0 aromatic carbocycles. The van der Waals surface area contributed by atoms with Crippen molar-refractivity contribution in [2.24, 2.45) is 17.3 Å². The fourth-order valence-corrected chi connectivity index (χ4v) is 3.66. The second-order valence-corrected chi connectivity index (χ2v) is 7.36. The van der Waals surface area contributed by atoms with Crippen molar-refractivity contribution < 1.29 is 4.79 Å². The lowest BCUT2D eigenvalue weighted by atomic mass is 9.90. The maximum Gasteiger partial charge on any atom is 0.225 e. The molecule has 1 amide bonds. The molecule has 4 rings (SSSR count). The molecular formula is C17H24N4O. The predicted molar refractivity (Wildman–Crippen MR) is 84.5 cm³/mol. The number of carbonyl (C=O) groups excluding carboxylic acids is 1. The number of piperidine rings is 1. The van der Waals surface area contributed by atoms with Crippen LogP contribution in [-0.2, 0) is 4.79 Å². The minimum absolute atomic E-state index is 0.257. The molecule has 118 valence electrons. The Kier molecular flexibility index (Phi) is 3.31. The quantitative estimate of drug-likeness (QED) is 0.923. The summed E-state index contributed by atoms with van der Waals surface area (Å²) in [5.74, 6) is 2.15. The van der Waals surface area contributed by atoms with Gasteiger partial charge in [-0.3, -0.25) is 4.79 Å². The number of hydrogen-bond donors (Lipinski definition) is 1. The standard InChI is InChI=1S/C17H24N4O/c1-12-9-19-16(20-10-12)21-6-4-17(5-7-21)8-14(17)15(22)18-11-13-2-3-13/h9-10,13-14H,2-8,11H2,1H3,(H,18,22)/t14-/m0/s1. The largest absolute Gasteiger partial charge is 0.356 e. The maximum absolute atomic E-state index is 12.3. The lowest BCUT2D eigenvalue weighted by Gasteiger charge is -2.32. The minimum atomic E-state index is 0.257. The number of anilines is 1. The SMILES string of the molecule is Cc1cnc(N2CCC3(CC2)C[C@H]3C(=O)NCC2CC2)nc1. The molecule has 2 saturated carbocycles. The first-order chi connectivity index (χ1) is 10.7. The Morgan fingerprint density at radius 2 is 2.00 bits per heavy atom. The van der Waals surface area contributed by atoms with Crippen molar-refractivity contribution in [1.29, 1.82) is 0 Å². The molecule has 1 saturated heterocycles. The van der Waals surface area contributed by atoms with Crippen molar-refractivity contribution in [2.75, 3.05) is 24.5 Å². The van der Waals surface area contributed by atoms with Gasteiger partial charge in [-0.15, -0.1) is 0 Å². The molecule has 5 heteroatoms. The molecule has 1 spiro atoms. The summed E-state index contributed by atoms with van der Waals surface area (Å²) in [6, 6.07) is 0. The number of nitrogens with zero attached hydrogens (tertiary/aromatic N) is 3. The van der Waals surface area contributed by atoms with Crippen LogP contribution < -0.4 is 10.2 Å². The van der Waals surface area contributed by atoms with Crippen LogP contribution in [0.4, 0.5) is 5.95 Å². The van der Waals surface area contributed by atoms with Crippen molar-refractivity contribution in [3.63, 3.8) is 0 Å². The lowest BCUT2D eigenvalue weighted by Crippen LogP contribution is -2.38. The summed E-state index contributed by atoms with van der Waals surface area (Å²) in [6.07, 6.45) is 9.59. The van der Waals surface area contributed by atoms with Gasteiger partial charge in [0, 0.05) is 37.9 Å². The molecule has 0 unspecified atom stereocenters. The van der Waals surface area contributed by atoms with Crippen LogP contribution in [0, 0.1) is 24.2 Å². The zero-order valence-electron chi connectivity index (χ0n) is 13.2. The fourth-order valence-electron chi connectivity index (χ4n) is 3.66. The smallest absolute Gasteiger partial charge is 0.225 e. The molecule has 1 aromatic heterocycles. The highest BCUT2D eigenvalue weighted by Gasteiger charge is 2.58. The number of hydrogen-bond acceptors (Lipinski definition) is 4. The van der Waals surface area contributed by atoms with Gasteiger partial charge in [-0.1, -0.05) is 0 Å². The summed E-state index contributed by atoms with van der Waals surface area (Å²) in [4.78, 5) is 23.3. The van der Waals surface area contributed by atoms with Gasteiger partial charge in [-0.05, 0) is 55.9 Å². The zero-order valence-corrected chi connectivity index (χ0v) is 13.2. The second kappa shape index (κ2) is 5.21. The van der Waals surface area contributed by atoms with Crippen molar-refractivity contribution in [3.05, 3.63) is 18.0 Å². The first kappa shape index (κ1) is 14.0. The van der Waals surface area contributed by atoms with Crippen LogP contribution in [0.15, 0.2) is 12.4 Å². The molecule has 0 radical (unpaired) electrons. The number of amides is 1. The minimum Gasteiger partial charge on any atom is -0.356 e. The summed E-state index contributed by atoms with van der Waals surface area (Å²) in [6.45, 7) is 4.84. The summed E-state index contributed by atoms with van der Waals surface area (Å²) in [5.41, 5.74) is 1.36. The van der Waals surface area contributed by atoms with Crippen molar-refractivity contribution in [1.82, 2.24) is 15.3 Å². The number of carbonyl (C=O) groups is 1. The molecule has 1 aliphatic heterocycles. The summed E-state index contributed by atoms with van der Waals surface area (Å²) < 4.78 is 0. The van der Waals surface area contributed by atoms with Gasteiger partial charge in [0.2, 0.25) is 11.9 Å². The maximum atomic E-state index is 12.3. The predicted octanol–water partition coefficient (Wildman–Crippen LogP) is 1.92. The monoisotopic (exact) mass is 300 g/mol. The van der Waals surface area contributed by atoms with E-state index in [0.717, 1.165) is 56.3 Å². The highest BCUT2D eigenvalue weighted by molar-refractivity contribution is 5.82. The van der Waals surface area contributed by atoms with Gasteiger partial charge >= 0.3 is 0 Å². The molecular weight excluding hydrogens is 276 g/mol. The molecule has 1 N–H and O–H groups in total. The van der Waals surface area contributed by atoms with Crippen molar-refractivity contribution in [2.45, 2.75) is 39.0 Å². The zero-order chi connectivity index (χ0) is 15.2. The Hall–Kier alpha value is -1.65. The molecule has 2 aliphatic carbocycles. The average molecular weight is 300 g/mol. The lowest BCUT2D eigenvalue weighted by molar-refractivity contribution is -0.123. The van der Waals surface area contributed by atoms with E-state index in [1.807, 2.05) is 19.3 Å². The van der Waals surface area contributed by atoms with Gasteiger partial charge < -0.3 is 10.2 Å². The summed E-state index contributed by atoms with van der Waals surface area (Å²) in [7, 11) is 0. The van der Waals surface area contributed by atoms with E-state index in [1.54, 1.807) is 0 Å². The molecule has 1 aromatic rings. The van der Waals surface area contributed by atoms with E-state index in [4.69, 9.17) is 0 Å². The van der Waals surface area contributed by atoms with E-state index < -0.39 is 0 Å². The third-order valence-electron chi connectivity index (χ3n) is 5.58. The van der Waals surface area contributed by atoms with Crippen LogP contribution >= 0.6 is 0 Å². The molecule has 0 bridgehead atoms. The van der Waals surface area contributed by atoms with Gasteiger partial charge in [-0.25, -0.2) is 9.97 Å². The molecule has 5 nitrogen and oxygen atoms in total. The van der Waals surface area contributed by atoms with Gasteiger partial charge in [0.05, 0.1) is 0 Å². The van der Waals surface area contributed by atoms with Gasteiger partial charge in [0.25, 0.3) is 0 Å². The summed E-state index contributed by atoms with van der Waals surface area (Å²) >= 11 is 0. The van der Waals surface area contributed by atoms with E-state index >= 15 is 0 Å². The molecule has 3 aliphatic rings. The van der Waals surface area contributed by atoms with Gasteiger partial charge in [-0.2, -0.15) is 0 Å². The van der Waals surface area contributed by atoms with Gasteiger partial charge in [0.1, 0.15) is 0 Å². The number of aryl methyl sites for hydroxylation is 1. The average Bonchev–Trinajstić information content (AvgIpc) is 3.44. The second-order valence-electron chi connectivity index (χ2n) is 7.36. The molecule has 22 heavy (non-hydrogen) atoms. The number of aromatic nitrogens is 2. The number of nitrogens with one attached hydrogen (secondary N) is 1. The fraction of sp³-hybridized carbons (Fsp3) is 0.706. The Labute approximate surface area is 131 Å². The van der Waals surface area contributed by atoms with Crippen LogP contribution in [0.2, 0.25) is 0 Å². The highest BCUT2D eigenvalue weighted by atomic mass is 16.2. The first-order valence-electron chi connectivity index (χ1n) is 8.48.